The number of hydrogen-bond donors (Lipinski definition) is 1. The minimum Gasteiger partial charge on any atom is -0.365 e. The Hall–Kier alpha value is -2.90. The molecule has 1 spiro atoms. The van der Waals surface area contributed by atoms with Gasteiger partial charge in [0.1, 0.15) is 11.4 Å². The molecule has 3 aliphatic rings. The molecule has 0 aromatic heterocycles. The normalized spacial score (nSPS) is 23.9. The number of nitrogens with zero attached hydrogens (tertiary/aromatic N) is 1. The van der Waals surface area contributed by atoms with Gasteiger partial charge in [-0.25, -0.2) is 13.2 Å². The molecule has 7 heteroatoms. The lowest BCUT2D eigenvalue weighted by Crippen LogP contribution is -2.55. The first-order valence-corrected chi connectivity index (χ1v) is 11.8. The van der Waals surface area contributed by atoms with Crippen LogP contribution in [0.4, 0.5) is 13.2 Å². The van der Waals surface area contributed by atoms with E-state index >= 15 is 0 Å². The standard InChI is InChI=1S/C27H25F3N2O2/c28-23-8-5-16(19-3-1-2-4-20(19)23)14-32(18-6-7-18)26(33)22-13-31-10-9-27(22)21-12-25(30)24(29)11-17(21)15-34-27/h1-5,8,11-12,18,22,31H,6-7,9-10,13-15H2/t22-,27+/m1/s1. The van der Waals surface area contributed by atoms with Gasteiger partial charge in [-0.1, -0.05) is 30.3 Å². The molecule has 176 valence electrons. The van der Waals surface area contributed by atoms with Crippen LogP contribution in [0.5, 0.6) is 0 Å². The van der Waals surface area contributed by atoms with Gasteiger partial charge >= 0.3 is 0 Å². The molecule has 1 amide bonds. The Morgan fingerprint density at radius 3 is 2.59 bits per heavy atom. The number of fused-ring (bicyclic) bond motifs is 3. The molecule has 3 aromatic carbocycles. The van der Waals surface area contributed by atoms with Crippen LogP contribution in [0, 0.1) is 23.4 Å². The molecule has 1 N–H and O–H groups in total. The van der Waals surface area contributed by atoms with E-state index in [1.807, 2.05) is 17.0 Å². The second kappa shape index (κ2) is 8.10. The van der Waals surface area contributed by atoms with Crippen molar-refractivity contribution in [3.05, 3.63) is 82.7 Å². The molecule has 34 heavy (non-hydrogen) atoms. The third kappa shape index (κ3) is 3.41. The molecule has 2 aliphatic heterocycles. The van der Waals surface area contributed by atoms with Crippen LogP contribution < -0.4 is 5.32 Å². The van der Waals surface area contributed by atoms with Crippen LogP contribution in [-0.2, 0) is 28.3 Å². The van der Waals surface area contributed by atoms with Crippen molar-refractivity contribution in [1.29, 1.82) is 0 Å². The Labute approximate surface area is 195 Å². The van der Waals surface area contributed by atoms with Gasteiger partial charge in [-0.2, -0.15) is 0 Å². The number of hydrogen-bond acceptors (Lipinski definition) is 3. The molecule has 0 unspecified atom stereocenters. The van der Waals surface area contributed by atoms with Crippen LogP contribution in [0.25, 0.3) is 10.8 Å². The zero-order chi connectivity index (χ0) is 23.4. The van der Waals surface area contributed by atoms with E-state index in [0.29, 0.717) is 42.6 Å². The Balaban J connectivity index is 1.37. The van der Waals surface area contributed by atoms with E-state index in [-0.39, 0.29) is 24.4 Å². The quantitative estimate of drug-likeness (QED) is 0.602. The Kier molecular flexibility index (Phi) is 5.15. The highest BCUT2D eigenvalue weighted by Gasteiger charge is 2.53. The highest BCUT2D eigenvalue weighted by molar-refractivity contribution is 5.87. The number of ether oxygens (including phenoxy) is 1. The number of halogens is 3. The van der Waals surface area contributed by atoms with Crippen LogP contribution in [0.2, 0.25) is 0 Å². The summed E-state index contributed by atoms with van der Waals surface area (Å²) in [7, 11) is 0. The molecule has 4 nitrogen and oxygen atoms in total. The van der Waals surface area contributed by atoms with E-state index < -0.39 is 23.2 Å². The predicted octanol–water partition coefficient (Wildman–Crippen LogP) is 4.78. The second-order valence-electron chi connectivity index (χ2n) is 9.56. The summed E-state index contributed by atoms with van der Waals surface area (Å²) >= 11 is 0. The van der Waals surface area contributed by atoms with Crippen LogP contribution in [0.15, 0.2) is 48.5 Å². The molecule has 2 fully saturated rings. The summed E-state index contributed by atoms with van der Waals surface area (Å²) in [5, 5.41) is 4.62. The van der Waals surface area contributed by atoms with Crippen LogP contribution in [-0.4, -0.2) is 29.9 Å². The molecule has 6 rings (SSSR count). The monoisotopic (exact) mass is 466 g/mol. The van der Waals surface area contributed by atoms with Crippen LogP contribution in [0.3, 0.4) is 0 Å². The first kappa shape index (κ1) is 21.6. The van der Waals surface area contributed by atoms with Crippen molar-refractivity contribution in [1.82, 2.24) is 10.2 Å². The van der Waals surface area contributed by atoms with Crippen LogP contribution in [0.1, 0.15) is 36.0 Å². The summed E-state index contributed by atoms with van der Waals surface area (Å²) in [6.07, 6.45) is 2.32. The van der Waals surface area contributed by atoms with Gasteiger partial charge in [0.05, 0.1) is 12.5 Å². The summed E-state index contributed by atoms with van der Waals surface area (Å²) in [5.74, 6) is -2.76. The molecular weight excluding hydrogens is 441 g/mol. The summed E-state index contributed by atoms with van der Waals surface area (Å²) < 4.78 is 48.7. The number of piperidine rings is 1. The lowest BCUT2D eigenvalue weighted by molar-refractivity contribution is -0.157. The summed E-state index contributed by atoms with van der Waals surface area (Å²) in [5.41, 5.74) is 1.08. The molecule has 1 saturated carbocycles. The number of benzene rings is 3. The van der Waals surface area contributed by atoms with Crippen molar-refractivity contribution in [2.45, 2.75) is 44.1 Å². The minimum atomic E-state index is -0.982. The topological polar surface area (TPSA) is 41.6 Å². The molecule has 3 aromatic rings. The van der Waals surface area contributed by atoms with Gasteiger partial charge in [-0.15, -0.1) is 0 Å². The van der Waals surface area contributed by atoms with Crippen molar-refractivity contribution in [2.24, 2.45) is 5.92 Å². The number of rotatable bonds is 4. The number of amides is 1. The Morgan fingerprint density at radius 1 is 1.03 bits per heavy atom. The Bertz CT molecular complexity index is 1290. The van der Waals surface area contributed by atoms with Gasteiger partial charge < -0.3 is 15.0 Å². The molecule has 2 atom stereocenters. The fraction of sp³-hybridized carbons (Fsp3) is 0.370. The highest BCUT2D eigenvalue weighted by atomic mass is 19.2. The molecule has 0 bridgehead atoms. The molecule has 1 saturated heterocycles. The number of carbonyl (C=O) groups excluding carboxylic acids is 1. The summed E-state index contributed by atoms with van der Waals surface area (Å²) in [6.45, 7) is 1.53. The van der Waals surface area contributed by atoms with Crippen molar-refractivity contribution in [3.8, 4) is 0 Å². The Morgan fingerprint density at radius 2 is 1.79 bits per heavy atom. The van der Waals surface area contributed by atoms with E-state index in [1.54, 1.807) is 18.2 Å². The van der Waals surface area contributed by atoms with E-state index in [1.165, 1.54) is 18.2 Å². The fourth-order valence-corrected chi connectivity index (χ4v) is 5.65. The smallest absolute Gasteiger partial charge is 0.230 e. The first-order valence-electron chi connectivity index (χ1n) is 11.8. The van der Waals surface area contributed by atoms with Gasteiger partial charge in [-0.3, -0.25) is 4.79 Å². The van der Waals surface area contributed by atoms with E-state index in [9.17, 15) is 18.0 Å². The van der Waals surface area contributed by atoms with Crippen molar-refractivity contribution in [3.63, 3.8) is 0 Å². The molecule has 2 heterocycles. The SMILES string of the molecule is O=C([C@H]1CNCC[C@@]12OCc1cc(F)c(F)cc12)N(Cc1ccc(F)c2ccccc12)C1CC1. The largest absolute Gasteiger partial charge is 0.365 e. The van der Waals surface area contributed by atoms with Gasteiger partial charge in [0.15, 0.2) is 11.6 Å². The van der Waals surface area contributed by atoms with Gasteiger partial charge in [0.25, 0.3) is 0 Å². The maximum Gasteiger partial charge on any atom is 0.230 e. The van der Waals surface area contributed by atoms with Crippen LogP contribution >= 0.6 is 0 Å². The van der Waals surface area contributed by atoms with Gasteiger partial charge in [-0.05, 0) is 66.1 Å². The van der Waals surface area contributed by atoms with E-state index in [2.05, 4.69) is 5.32 Å². The maximum atomic E-state index is 14.4. The zero-order valence-corrected chi connectivity index (χ0v) is 18.6. The number of carbonyl (C=O) groups is 1. The fourth-order valence-electron chi connectivity index (χ4n) is 5.65. The van der Waals surface area contributed by atoms with Crippen molar-refractivity contribution >= 4 is 16.7 Å². The lowest BCUT2D eigenvalue weighted by Gasteiger charge is -2.43. The van der Waals surface area contributed by atoms with Gasteiger partial charge in [0, 0.05) is 24.5 Å². The third-order valence-electron chi connectivity index (χ3n) is 7.54. The highest BCUT2D eigenvalue weighted by Crippen LogP contribution is 2.48. The van der Waals surface area contributed by atoms with E-state index in [0.717, 1.165) is 23.8 Å². The van der Waals surface area contributed by atoms with E-state index in [4.69, 9.17) is 4.74 Å². The summed E-state index contributed by atoms with van der Waals surface area (Å²) in [4.78, 5) is 15.9. The molecule has 0 radical (unpaired) electrons. The van der Waals surface area contributed by atoms with Gasteiger partial charge in [0.2, 0.25) is 5.91 Å². The molecular formula is C27H25F3N2O2. The zero-order valence-electron chi connectivity index (χ0n) is 18.6. The average Bonchev–Trinajstić information content (AvgIpc) is 3.64. The third-order valence-corrected chi connectivity index (χ3v) is 7.54. The number of nitrogens with one attached hydrogen (secondary N) is 1. The maximum absolute atomic E-state index is 14.4. The first-order chi connectivity index (χ1) is 16.5. The minimum absolute atomic E-state index is 0.0688. The average molecular weight is 467 g/mol. The second-order valence-corrected chi connectivity index (χ2v) is 9.56. The predicted molar refractivity (Wildman–Crippen MR) is 121 cm³/mol. The molecule has 1 aliphatic carbocycles. The summed E-state index contributed by atoms with van der Waals surface area (Å²) in [6, 6.07) is 13.0. The lowest BCUT2D eigenvalue weighted by atomic mass is 9.75. The van der Waals surface area contributed by atoms with Crippen molar-refractivity contribution in [2.75, 3.05) is 13.1 Å². The van der Waals surface area contributed by atoms with Crippen molar-refractivity contribution < 1.29 is 22.7 Å².